The fourth-order valence-electron chi connectivity index (χ4n) is 2.19. The molecule has 0 spiro atoms. The molecule has 0 unspecified atom stereocenters. The average molecular weight is 310 g/mol. The summed E-state index contributed by atoms with van der Waals surface area (Å²) in [5.41, 5.74) is 0.932. The third kappa shape index (κ3) is 2.77. The zero-order valence-corrected chi connectivity index (χ0v) is 13.3. The monoisotopic (exact) mass is 310 g/mol. The van der Waals surface area contributed by atoms with Gasteiger partial charge in [0.15, 0.2) is 10.1 Å². The smallest absolute Gasteiger partial charge is 0.205 e. The number of likely N-dealkylation sites (N-methyl/N-ethyl adjacent to an activating group) is 1. The first-order valence-corrected chi connectivity index (χ1v) is 8.44. The van der Waals surface area contributed by atoms with Gasteiger partial charge in [-0.05, 0) is 6.54 Å². The summed E-state index contributed by atoms with van der Waals surface area (Å²) >= 11 is 3.23. The predicted octanol–water partition coefficient (Wildman–Crippen LogP) is 1.85. The van der Waals surface area contributed by atoms with E-state index in [9.17, 15) is 0 Å². The minimum Gasteiger partial charge on any atom is -0.363 e. The van der Waals surface area contributed by atoms with E-state index in [2.05, 4.69) is 37.6 Å². The highest BCUT2D eigenvalue weighted by Crippen LogP contribution is 2.30. The molecule has 0 aliphatic carbocycles. The third-order valence-corrected chi connectivity index (χ3v) is 5.30. The molecular weight excluding hydrogens is 292 g/mol. The molecule has 8 heteroatoms. The van der Waals surface area contributed by atoms with Gasteiger partial charge in [0.05, 0.1) is 0 Å². The number of aromatic nitrogens is 3. The van der Waals surface area contributed by atoms with Gasteiger partial charge in [0.25, 0.3) is 0 Å². The van der Waals surface area contributed by atoms with Crippen molar-refractivity contribution in [2.75, 3.05) is 50.0 Å². The topological polar surface area (TPSA) is 57.2 Å². The molecule has 1 N–H and O–H groups in total. The van der Waals surface area contributed by atoms with Crippen LogP contribution in [0, 0.1) is 0 Å². The van der Waals surface area contributed by atoms with Crippen LogP contribution in [0.25, 0.3) is 10.7 Å². The largest absolute Gasteiger partial charge is 0.363 e. The summed E-state index contributed by atoms with van der Waals surface area (Å²) < 4.78 is 0. The summed E-state index contributed by atoms with van der Waals surface area (Å²) in [5.74, 6) is 0. The lowest BCUT2D eigenvalue weighted by molar-refractivity contribution is 0.271. The molecule has 1 saturated heterocycles. The fourth-order valence-corrected chi connectivity index (χ4v) is 3.79. The van der Waals surface area contributed by atoms with E-state index in [-0.39, 0.29) is 0 Å². The van der Waals surface area contributed by atoms with Crippen molar-refractivity contribution < 1.29 is 0 Å². The maximum atomic E-state index is 4.71. The van der Waals surface area contributed by atoms with Gasteiger partial charge in [0.1, 0.15) is 5.69 Å². The number of hydrogen-bond acceptors (Lipinski definition) is 8. The van der Waals surface area contributed by atoms with Crippen molar-refractivity contribution in [3.63, 3.8) is 0 Å². The molecule has 1 fully saturated rings. The SMILES string of the molecule is CCN1CCN(c2nc(-c3nnc(NC)s3)cs2)CC1. The van der Waals surface area contributed by atoms with Crippen LogP contribution in [0.4, 0.5) is 10.3 Å². The molecule has 0 aromatic carbocycles. The van der Waals surface area contributed by atoms with Crippen LogP contribution < -0.4 is 10.2 Å². The maximum absolute atomic E-state index is 4.71. The Bertz CT molecular complexity index is 558. The molecular formula is C12H18N6S2. The van der Waals surface area contributed by atoms with Crippen LogP contribution in [0.3, 0.4) is 0 Å². The molecule has 0 amide bonds. The molecule has 0 saturated carbocycles. The van der Waals surface area contributed by atoms with E-state index >= 15 is 0 Å². The van der Waals surface area contributed by atoms with E-state index in [4.69, 9.17) is 4.98 Å². The van der Waals surface area contributed by atoms with E-state index < -0.39 is 0 Å². The van der Waals surface area contributed by atoms with Crippen LogP contribution in [-0.2, 0) is 0 Å². The van der Waals surface area contributed by atoms with Crippen molar-refractivity contribution in [3.8, 4) is 10.7 Å². The normalized spacial score (nSPS) is 16.6. The van der Waals surface area contributed by atoms with Crippen LogP contribution in [0.2, 0.25) is 0 Å². The molecule has 2 aromatic heterocycles. The van der Waals surface area contributed by atoms with Gasteiger partial charge in [-0.15, -0.1) is 21.5 Å². The average Bonchev–Trinajstić information content (AvgIpc) is 3.16. The lowest BCUT2D eigenvalue weighted by Crippen LogP contribution is -2.46. The second kappa shape index (κ2) is 6.02. The van der Waals surface area contributed by atoms with Gasteiger partial charge in [-0.1, -0.05) is 18.3 Å². The standard InChI is InChI=1S/C12H18N6S2/c1-3-17-4-6-18(7-5-17)12-14-9(8-19-12)10-15-16-11(13-2)20-10/h8H,3-7H2,1-2H3,(H,13,16). The molecule has 2 aromatic rings. The molecule has 0 atom stereocenters. The Morgan fingerprint density at radius 1 is 1.25 bits per heavy atom. The second-order valence-corrected chi connectivity index (χ2v) is 6.41. The van der Waals surface area contributed by atoms with Crippen molar-refractivity contribution >= 4 is 32.9 Å². The van der Waals surface area contributed by atoms with E-state index in [1.165, 1.54) is 11.3 Å². The van der Waals surface area contributed by atoms with Gasteiger partial charge in [-0.2, -0.15) is 0 Å². The first-order valence-electron chi connectivity index (χ1n) is 6.74. The number of anilines is 2. The lowest BCUT2D eigenvalue weighted by atomic mass is 10.3. The summed E-state index contributed by atoms with van der Waals surface area (Å²) in [6.07, 6.45) is 0. The number of hydrogen-bond donors (Lipinski definition) is 1. The van der Waals surface area contributed by atoms with Gasteiger partial charge in [-0.25, -0.2) is 4.98 Å². The van der Waals surface area contributed by atoms with Crippen LogP contribution in [0.15, 0.2) is 5.38 Å². The van der Waals surface area contributed by atoms with E-state index in [0.717, 1.165) is 53.7 Å². The first-order chi connectivity index (χ1) is 9.80. The summed E-state index contributed by atoms with van der Waals surface area (Å²) in [6.45, 7) is 7.69. The molecule has 6 nitrogen and oxygen atoms in total. The molecule has 20 heavy (non-hydrogen) atoms. The minimum absolute atomic E-state index is 0.825. The maximum Gasteiger partial charge on any atom is 0.205 e. The molecule has 0 radical (unpaired) electrons. The van der Waals surface area contributed by atoms with E-state index in [1.807, 2.05) is 7.05 Å². The highest BCUT2D eigenvalue weighted by Gasteiger charge is 2.19. The summed E-state index contributed by atoms with van der Waals surface area (Å²) in [4.78, 5) is 9.54. The highest BCUT2D eigenvalue weighted by molar-refractivity contribution is 7.19. The molecule has 3 rings (SSSR count). The van der Waals surface area contributed by atoms with Crippen LogP contribution >= 0.6 is 22.7 Å². The number of thiazole rings is 1. The zero-order chi connectivity index (χ0) is 13.9. The third-order valence-electron chi connectivity index (χ3n) is 3.44. The van der Waals surface area contributed by atoms with Gasteiger partial charge in [0.2, 0.25) is 5.13 Å². The van der Waals surface area contributed by atoms with Gasteiger partial charge in [-0.3, -0.25) is 0 Å². The van der Waals surface area contributed by atoms with Crippen molar-refractivity contribution in [1.29, 1.82) is 0 Å². The molecule has 3 heterocycles. The number of nitrogens with one attached hydrogen (secondary N) is 1. The Morgan fingerprint density at radius 2 is 2.05 bits per heavy atom. The minimum atomic E-state index is 0.825. The van der Waals surface area contributed by atoms with Crippen LogP contribution in [0.5, 0.6) is 0 Å². The fraction of sp³-hybridized carbons (Fsp3) is 0.583. The summed E-state index contributed by atoms with van der Waals surface area (Å²) in [7, 11) is 1.85. The Labute approximate surface area is 126 Å². The summed E-state index contributed by atoms with van der Waals surface area (Å²) in [6, 6.07) is 0. The van der Waals surface area contributed by atoms with Crippen LogP contribution in [-0.4, -0.2) is 59.9 Å². The molecule has 108 valence electrons. The Hall–Kier alpha value is -1.25. The Kier molecular flexibility index (Phi) is 4.13. The molecule has 1 aliphatic rings. The summed E-state index contributed by atoms with van der Waals surface area (Å²) in [5, 5.41) is 16.1. The van der Waals surface area contributed by atoms with Gasteiger partial charge in [0, 0.05) is 38.6 Å². The number of nitrogens with zero attached hydrogens (tertiary/aromatic N) is 5. The van der Waals surface area contributed by atoms with Crippen molar-refractivity contribution in [2.24, 2.45) is 0 Å². The van der Waals surface area contributed by atoms with Crippen molar-refractivity contribution in [3.05, 3.63) is 5.38 Å². The zero-order valence-electron chi connectivity index (χ0n) is 11.7. The van der Waals surface area contributed by atoms with Crippen molar-refractivity contribution in [1.82, 2.24) is 20.1 Å². The van der Waals surface area contributed by atoms with Crippen molar-refractivity contribution in [2.45, 2.75) is 6.92 Å². The molecule has 0 bridgehead atoms. The van der Waals surface area contributed by atoms with Crippen LogP contribution in [0.1, 0.15) is 6.92 Å². The van der Waals surface area contributed by atoms with E-state index in [0.29, 0.717) is 0 Å². The van der Waals surface area contributed by atoms with E-state index in [1.54, 1.807) is 11.3 Å². The number of piperazine rings is 1. The lowest BCUT2D eigenvalue weighted by Gasteiger charge is -2.33. The quantitative estimate of drug-likeness (QED) is 0.930. The first kappa shape index (κ1) is 13.7. The number of rotatable bonds is 4. The van der Waals surface area contributed by atoms with Gasteiger partial charge >= 0.3 is 0 Å². The van der Waals surface area contributed by atoms with Gasteiger partial charge < -0.3 is 15.1 Å². The highest BCUT2D eigenvalue weighted by atomic mass is 32.1. The Morgan fingerprint density at radius 3 is 2.70 bits per heavy atom. The Balaban J connectivity index is 1.70. The second-order valence-electron chi connectivity index (χ2n) is 4.60. The molecule has 1 aliphatic heterocycles. The predicted molar refractivity (Wildman–Crippen MR) is 84.9 cm³/mol.